The van der Waals surface area contributed by atoms with E-state index in [0.717, 1.165) is 5.69 Å². The lowest BCUT2D eigenvalue weighted by molar-refractivity contribution is 0.0919. The van der Waals surface area contributed by atoms with Crippen LogP contribution in [0.1, 0.15) is 27.4 Å². The number of para-hydroxylation sites is 1. The summed E-state index contributed by atoms with van der Waals surface area (Å²) >= 11 is 0. The molecule has 0 fully saturated rings. The summed E-state index contributed by atoms with van der Waals surface area (Å²) < 4.78 is 12.7. The Kier molecular flexibility index (Phi) is 5.53. The summed E-state index contributed by atoms with van der Waals surface area (Å²) in [6.45, 7) is 0.342. The number of furan rings is 1. The summed E-state index contributed by atoms with van der Waals surface area (Å²) in [7, 11) is 0. The number of nitrogens with zero attached hydrogens (tertiary/aromatic N) is 4. The molecular weight excluding hydrogens is 382 g/mol. The predicted molar refractivity (Wildman–Crippen MR) is 107 cm³/mol. The first kappa shape index (κ1) is 19.0. The summed E-state index contributed by atoms with van der Waals surface area (Å²) in [5.74, 6) is 0.333. The zero-order chi connectivity index (χ0) is 20.8. The number of ether oxygens (including phenoxy) is 1. The molecule has 4 rings (SSSR count). The number of benzene rings is 2. The Morgan fingerprint density at radius 2 is 2.03 bits per heavy atom. The van der Waals surface area contributed by atoms with Crippen LogP contribution in [-0.4, -0.2) is 20.9 Å². The minimum absolute atomic E-state index is 0.137. The molecule has 1 N–H and O–H groups in total. The van der Waals surface area contributed by atoms with Crippen molar-refractivity contribution in [2.45, 2.75) is 13.2 Å². The van der Waals surface area contributed by atoms with Crippen molar-refractivity contribution in [3.8, 4) is 17.5 Å². The van der Waals surface area contributed by atoms with E-state index in [4.69, 9.17) is 14.4 Å². The molecule has 2 aromatic carbocycles. The Morgan fingerprint density at radius 1 is 1.17 bits per heavy atom. The number of carbonyl (C=O) groups excluding carboxylic acids is 1. The number of nitriles is 1. The second kappa shape index (κ2) is 8.75. The number of carbonyl (C=O) groups is 1. The zero-order valence-electron chi connectivity index (χ0n) is 15.9. The maximum atomic E-state index is 12.5. The lowest BCUT2D eigenvalue weighted by atomic mass is 10.2. The van der Waals surface area contributed by atoms with Crippen LogP contribution < -0.4 is 10.1 Å². The Balaban J connectivity index is 1.36. The summed E-state index contributed by atoms with van der Waals surface area (Å²) in [5, 5.41) is 19.9. The van der Waals surface area contributed by atoms with Crippen LogP contribution in [-0.2, 0) is 13.2 Å². The smallest absolute Gasteiger partial charge is 0.287 e. The minimum atomic E-state index is -0.376. The van der Waals surface area contributed by atoms with Crippen molar-refractivity contribution in [3.63, 3.8) is 0 Å². The molecule has 0 aliphatic heterocycles. The fourth-order valence-electron chi connectivity index (χ4n) is 2.80. The van der Waals surface area contributed by atoms with E-state index in [-0.39, 0.29) is 24.8 Å². The van der Waals surface area contributed by atoms with E-state index in [9.17, 15) is 4.79 Å². The van der Waals surface area contributed by atoms with Gasteiger partial charge in [0.05, 0.1) is 36.3 Å². The Morgan fingerprint density at radius 3 is 2.87 bits per heavy atom. The van der Waals surface area contributed by atoms with Crippen molar-refractivity contribution >= 4 is 5.91 Å². The first-order valence-electron chi connectivity index (χ1n) is 9.17. The van der Waals surface area contributed by atoms with E-state index in [1.165, 1.54) is 6.26 Å². The lowest BCUT2D eigenvalue weighted by Gasteiger charge is -2.07. The average molecular weight is 399 g/mol. The minimum Gasteiger partial charge on any atom is -0.489 e. The molecule has 8 nitrogen and oxygen atoms in total. The Bertz CT molecular complexity index is 1190. The van der Waals surface area contributed by atoms with Crippen LogP contribution in [0.5, 0.6) is 5.75 Å². The van der Waals surface area contributed by atoms with Gasteiger partial charge in [-0.1, -0.05) is 29.5 Å². The number of aromatic nitrogens is 3. The number of hydrogen-bond acceptors (Lipinski definition) is 6. The van der Waals surface area contributed by atoms with Gasteiger partial charge in [-0.05, 0) is 36.4 Å². The van der Waals surface area contributed by atoms with Crippen LogP contribution in [0.15, 0.2) is 77.5 Å². The highest BCUT2D eigenvalue weighted by atomic mass is 16.5. The molecule has 0 aliphatic carbocycles. The van der Waals surface area contributed by atoms with Crippen molar-refractivity contribution in [2.75, 3.05) is 0 Å². The monoisotopic (exact) mass is 399 g/mol. The van der Waals surface area contributed by atoms with Crippen molar-refractivity contribution in [1.29, 1.82) is 5.26 Å². The second-order valence-corrected chi connectivity index (χ2v) is 6.38. The van der Waals surface area contributed by atoms with Gasteiger partial charge in [-0.15, -0.1) is 5.10 Å². The Labute approximate surface area is 172 Å². The molecule has 30 heavy (non-hydrogen) atoms. The van der Waals surface area contributed by atoms with Crippen molar-refractivity contribution < 1.29 is 13.9 Å². The number of rotatable bonds is 7. The number of hydrogen-bond donors (Lipinski definition) is 1. The molecular formula is C22H17N5O3. The van der Waals surface area contributed by atoms with Crippen LogP contribution in [0.3, 0.4) is 0 Å². The molecule has 0 radical (unpaired) electrons. The van der Waals surface area contributed by atoms with Gasteiger partial charge < -0.3 is 14.5 Å². The fraction of sp³-hybridized carbons (Fsp3) is 0.0909. The molecule has 0 saturated heterocycles. The highest BCUT2D eigenvalue weighted by Crippen LogP contribution is 2.17. The molecule has 1 amide bonds. The standard InChI is InChI=1S/C22H17N5O3/c23-12-16-5-4-8-20(11-16)30-15-17-9-10-29-21(17)22(28)24-13-18-14-27(26-25-18)19-6-2-1-3-7-19/h1-11,14H,13,15H2,(H,24,28). The Hall–Kier alpha value is -4.38. The van der Waals surface area contributed by atoms with Crippen molar-refractivity contribution in [2.24, 2.45) is 0 Å². The van der Waals surface area contributed by atoms with Gasteiger partial charge in [0.25, 0.3) is 5.91 Å². The maximum Gasteiger partial charge on any atom is 0.287 e. The van der Waals surface area contributed by atoms with Gasteiger partial charge in [-0.3, -0.25) is 4.79 Å². The second-order valence-electron chi connectivity index (χ2n) is 6.38. The molecule has 0 saturated carbocycles. The third kappa shape index (κ3) is 4.36. The molecule has 0 spiro atoms. The quantitative estimate of drug-likeness (QED) is 0.511. The van der Waals surface area contributed by atoms with E-state index in [1.54, 1.807) is 41.2 Å². The van der Waals surface area contributed by atoms with E-state index in [0.29, 0.717) is 22.6 Å². The average Bonchev–Trinajstić information content (AvgIpc) is 3.46. The molecule has 0 aliphatic rings. The topological polar surface area (TPSA) is 106 Å². The van der Waals surface area contributed by atoms with Gasteiger partial charge in [0.15, 0.2) is 5.76 Å². The van der Waals surface area contributed by atoms with Crippen LogP contribution in [0, 0.1) is 11.3 Å². The van der Waals surface area contributed by atoms with Gasteiger partial charge in [-0.25, -0.2) is 4.68 Å². The van der Waals surface area contributed by atoms with Crippen molar-refractivity contribution in [1.82, 2.24) is 20.3 Å². The van der Waals surface area contributed by atoms with Crippen LogP contribution >= 0.6 is 0 Å². The largest absolute Gasteiger partial charge is 0.489 e. The third-order valence-electron chi connectivity index (χ3n) is 4.30. The molecule has 0 atom stereocenters. The van der Waals surface area contributed by atoms with E-state index < -0.39 is 0 Å². The zero-order valence-corrected chi connectivity index (χ0v) is 15.9. The highest BCUT2D eigenvalue weighted by molar-refractivity contribution is 5.92. The van der Waals surface area contributed by atoms with E-state index in [1.807, 2.05) is 30.3 Å². The number of nitrogens with one attached hydrogen (secondary N) is 1. The fourth-order valence-corrected chi connectivity index (χ4v) is 2.80. The summed E-state index contributed by atoms with van der Waals surface area (Å²) in [5.41, 5.74) is 2.60. The lowest BCUT2D eigenvalue weighted by Crippen LogP contribution is -2.23. The molecule has 0 bridgehead atoms. The van der Waals surface area contributed by atoms with E-state index in [2.05, 4.69) is 21.7 Å². The summed E-state index contributed by atoms with van der Waals surface area (Å²) in [6, 6.07) is 20.1. The van der Waals surface area contributed by atoms with Gasteiger partial charge in [0.1, 0.15) is 18.1 Å². The molecule has 148 valence electrons. The summed E-state index contributed by atoms with van der Waals surface area (Å²) in [6.07, 6.45) is 3.19. The molecule has 2 heterocycles. The van der Waals surface area contributed by atoms with Crippen molar-refractivity contribution in [3.05, 3.63) is 95.7 Å². The first-order chi connectivity index (χ1) is 14.7. The SMILES string of the molecule is N#Cc1cccc(OCc2ccoc2C(=O)NCc2cn(-c3ccccc3)nn2)c1. The molecule has 0 unspecified atom stereocenters. The van der Waals surface area contributed by atoms with Gasteiger partial charge in [-0.2, -0.15) is 5.26 Å². The molecule has 4 aromatic rings. The maximum absolute atomic E-state index is 12.5. The normalized spacial score (nSPS) is 10.4. The van der Waals surface area contributed by atoms with Gasteiger partial charge in [0, 0.05) is 5.56 Å². The van der Waals surface area contributed by atoms with Crippen LogP contribution in [0.4, 0.5) is 0 Å². The van der Waals surface area contributed by atoms with E-state index >= 15 is 0 Å². The number of amides is 1. The molecule has 2 aromatic heterocycles. The van der Waals surface area contributed by atoms with Gasteiger partial charge >= 0.3 is 0 Å². The third-order valence-corrected chi connectivity index (χ3v) is 4.30. The molecule has 8 heteroatoms. The highest BCUT2D eigenvalue weighted by Gasteiger charge is 2.16. The predicted octanol–water partition coefficient (Wildman–Crippen LogP) is 3.24. The van der Waals surface area contributed by atoms with Crippen LogP contribution in [0.25, 0.3) is 5.69 Å². The van der Waals surface area contributed by atoms with Crippen LogP contribution in [0.2, 0.25) is 0 Å². The summed E-state index contributed by atoms with van der Waals surface area (Å²) in [4.78, 5) is 12.5. The van der Waals surface area contributed by atoms with Gasteiger partial charge in [0.2, 0.25) is 0 Å². The first-order valence-corrected chi connectivity index (χ1v) is 9.17.